The summed E-state index contributed by atoms with van der Waals surface area (Å²) in [7, 11) is 0. The molecule has 1 fully saturated rings. The normalized spacial score (nSPS) is 20.3. The minimum Gasteiger partial charge on any atom is -0.345 e. The van der Waals surface area contributed by atoms with E-state index in [0.29, 0.717) is 6.54 Å². The van der Waals surface area contributed by atoms with Crippen molar-refractivity contribution in [1.82, 2.24) is 10.2 Å². The maximum atomic E-state index is 11.7. The zero-order valence-electron chi connectivity index (χ0n) is 9.80. The van der Waals surface area contributed by atoms with Crippen LogP contribution in [0.15, 0.2) is 0 Å². The van der Waals surface area contributed by atoms with Gasteiger partial charge in [-0.1, -0.05) is 19.8 Å². The van der Waals surface area contributed by atoms with E-state index < -0.39 is 5.54 Å². The maximum Gasteiger partial charge on any atom is 0.245 e. The summed E-state index contributed by atoms with van der Waals surface area (Å²) in [5.74, 6) is -0.0331. The molecule has 0 bridgehead atoms. The van der Waals surface area contributed by atoms with Gasteiger partial charge in [0.25, 0.3) is 0 Å². The standard InChI is InChI=1S/C11H20N2O2/c1-4-5-6-7-13-9(14)8-12-10(15)11(13,2)3/h4-8H2,1-3H3,(H,12,15). The molecule has 1 N–H and O–H groups in total. The van der Waals surface area contributed by atoms with Crippen molar-refractivity contribution >= 4 is 11.8 Å². The van der Waals surface area contributed by atoms with Crippen LogP contribution in [0, 0.1) is 0 Å². The second-order valence-electron chi connectivity index (χ2n) is 4.49. The molecule has 0 aromatic carbocycles. The predicted octanol–water partition coefficient (Wildman–Crippen LogP) is 0.914. The molecule has 86 valence electrons. The third kappa shape index (κ3) is 2.49. The van der Waals surface area contributed by atoms with Crippen molar-refractivity contribution in [2.75, 3.05) is 13.1 Å². The number of nitrogens with zero attached hydrogens (tertiary/aromatic N) is 1. The summed E-state index contributed by atoms with van der Waals surface area (Å²) in [6, 6.07) is 0. The van der Waals surface area contributed by atoms with Gasteiger partial charge in [0.15, 0.2) is 0 Å². The lowest BCUT2D eigenvalue weighted by molar-refractivity contribution is -0.151. The van der Waals surface area contributed by atoms with E-state index in [1.165, 1.54) is 0 Å². The van der Waals surface area contributed by atoms with Crippen molar-refractivity contribution in [3.05, 3.63) is 0 Å². The number of hydrogen-bond acceptors (Lipinski definition) is 2. The van der Waals surface area contributed by atoms with Crippen LogP contribution in [0.4, 0.5) is 0 Å². The molecule has 0 aromatic heterocycles. The summed E-state index contributed by atoms with van der Waals surface area (Å²) in [4.78, 5) is 25.0. The lowest BCUT2D eigenvalue weighted by atomic mass is 9.98. The van der Waals surface area contributed by atoms with Crippen molar-refractivity contribution in [1.29, 1.82) is 0 Å². The third-order valence-corrected chi connectivity index (χ3v) is 2.92. The van der Waals surface area contributed by atoms with Crippen LogP contribution in [-0.4, -0.2) is 35.3 Å². The van der Waals surface area contributed by atoms with Crippen LogP contribution in [0.2, 0.25) is 0 Å². The molecule has 2 amide bonds. The summed E-state index contributed by atoms with van der Waals surface area (Å²) >= 11 is 0. The largest absolute Gasteiger partial charge is 0.345 e. The van der Waals surface area contributed by atoms with E-state index in [-0.39, 0.29) is 18.4 Å². The minimum atomic E-state index is -0.691. The molecule has 4 nitrogen and oxygen atoms in total. The fourth-order valence-corrected chi connectivity index (χ4v) is 1.83. The zero-order valence-corrected chi connectivity index (χ0v) is 9.80. The molecule has 1 aliphatic heterocycles. The van der Waals surface area contributed by atoms with Gasteiger partial charge in [0.1, 0.15) is 5.54 Å². The number of piperazine rings is 1. The summed E-state index contributed by atoms with van der Waals surface area (Å²) < 4.78 is 0. The fourth-order valence-electron chi connectivity index (χ4n) is 1.83. The first-order valence-electron chi connectivity index (χ1n) is 5.59. The molecule has 0 radical (unpaired) electrons. The Morgan fingerprint density at radius 3 is 2.60 bits per heavy atom. The average molecular weight is 212 g/mol. The molecule has 0 spiro atoms. The number of carbonyl (C=O) groups excluding carboxylic acids is 2. The number of carbonyl (C=O) groups is 2. The molecule has 1 saturated heterocycles. The van der Waals surface area contributed by atoms with Gasteiger partial charge in [-0.15, -0.1) is 0 Å². The van der Waals surface area contributed by atoms with E-state index in [1.54, 1.807) is 18.7 Å². The molecule has 0 atom stereocenters. The van der Waals surface area contributed by atoms with Crippen molar-refractivity contribution < 1.29 is 9.59 Å². The molecule has 0 saturated carbocycles. The van der Waals surface area contributed by atoms with Crippen LogP contribution in [0.5, 0.6) is 0 Å². The Hall–Kier alpha value is -1.06. The second-order valence-corrected chi connectivity index (χ2v) is 4.49. The number of unbranched alkanes of at least 4 members (excludes halogenated alkanes) is 2. The van der Waals surface area contributed by atoms with E-state index in [1.807, 2.05) is 0 Å². The van der Waals surface area contributed by atoms with Crippen LogP contribution >= 0.6 is 0 Å². The number of amides is 2. The highest BCUT2D eigenvalue weighted by Gasteiger charge is 2.40. The SMILES string of the molecule is CCCCCN1C(=O)CNC(=O)C1(C)C. The van der Waals surface area contributed by atoms with E-state index in [9.17, 15) is 9.59 Å². The van der Waals surface area contributed by atoms with Crippen molar-refractivity contribution in [2.45, 2.75) is 45.6 Å². The average Bonchev–Trinajstić information content (AvgIpc) is 2.18. The van der Waals surface area contributed by atoms with Crippen LogP contribution < -0.4 is 5.32 Å². The third-order valence-electron chi connectivity index (χ3n) is 2.92. The fraction of sp³-hybridized carbons (Fsp3) is 0.818. The zero-order chi connectivity index (χ0) is 11.5. The van der Waals surface area contributed by atoms with Gasteiger partial charge in [0, 0.05) is 6.54 Å². The van der Waals surface area contributed by atoms with Gasteiger partial charge in [-0.2, -0.15) is 0 Å². The van der Waals surface area contributed by atoms with Crippen molar-refractivity contribution in [3.8, 4) is 0 Å². The first-order chi connectivity index (χ1) is 7.00. The Labute approximate surface area is 91.0 Å². The predicted molar refractivity (Wildman–Crippen MR) is 58.3 cm³/mol. The van der Waals surface area contributed by atoms with Gasteiger partial charge in [0.05, 0.1) is 6.54 Å². The van der Waals surface area contributed by atoms with E-state index in [0.717, 1.165) is 19.3 Å². The Bertz CT molecular complexity index is 261. The quantitative estimate of drug-likeness (QED) is 0.704. The summed E-state index contributed by atoms with van der Waals surface area (Å²) in [6.45, 7) is 6.55. The Morgan fingerprint density at radius 1 is 1.33 bits per heavy atom. The lowest BCUT2D eigenvalue weighted by Gasteiger charge is -2.41. The van der Waals surface area contributed by atoms with Gasteiger partial charge < -0.3 is 10.2 Å². The molecule has 0 unspecified atom stereocenters. The highest BCUT2D eigenvalue weighted by atomic mass is 16.2. The first-order valence-corrected chi connectivity index (χ1v) is 5.59. The van der Waals surface area contributed by atoms with Gasteiger partial charge in [-0.25, -0.2) is 0 Å². The first kappa shape index (κ1) is 12.0. The maximum absolute atomic E-state index is 11.7. The molecular weight excluding hydrogens is 192 g/mol. The van der Waals surface area contributed by atoms with Crippen LogP contribution in [-0.2, 0) is 9.59 Å². The topological polar surface area (TPSA) is 49.4 Å². The monoisotopic (exact) mass is 212 g/mol. The molecular formula is C11H20N2O2. The Kier molecular flexibility index (Phi) is 3.72. The Morgan fingerprint density at radius 2 is 2.00 bits per heavy atom. The van der Waals surface area contributed by atoms with E-state index >= 15 is 0 Å². The molecule has 1 heterocycles. The van der Waals surface area contributed by atoms with E-state index in [4.69, 9.17) is 0 Å². The van der Waals surface area contributed by atoms with Gasteiger partial charge in [-0.05, 0) is 20.3 Å². The highest BCUT2D eigenvalue weighted by Crippen LogP contribution is 2.19. The molecule has 1 aliphatic rings. The molecule has 4 heteroatoms. The molecule has 1 rings (SSSR count). The molecule has 15 heavy (non-hydrogen) atoms. The summed E-state index contributed by atoms with van der Waals surface area (Å²) in [5, 5.41) is 2.61. The highest BCUT2D eigenvalue weighted by molar-refractivity contribution is 5.97. The van der Waals surface area contributed by atoms with Crippen LogP contribution in [0.1, 0.15) is 40.0 Å². The minimum absolute atomic E-state index is 0.0238. The molecule has 0 aromatic rings. The Balaban J connectivity index is 2.64. The van der Waals surface area contributed by atoms with Crippen LogP contribution in [0.3, 0.4) is 0 Å². The van der Waals surface area contributed by atoms with Gasteiger partial charge >= 0.3 is 0 Å². The lowest BCUT2D eigenvalue weighted by Crippen LogP contribution is -2.64. The smallest absolute Gasteiger partial charge is 0.245 e. The second kappa shape index (κ2) is 4.64. The van der Waals surface area contributed by atoms with E-state index in [2.05, 4.69) is 12.2 Å². The van der Waals surface area contributed by atoms with Gasteiger partial charge in [-0.3, -0.25) is 9.59 Å². The van der Waals surface area contributed by atoms with Gasteiger partial charge in [0.2, 0.25) is 11.8 Å². The molecule has 0 aliphatic carbocycles. The number of nitrogens with one attached hydrogen (secondary N) is 1. The van der Waals surface area contributed by atoms with Crippen molar-refractivity contribution in [3.63, 3.8) is 0 Å². The number of hydrogen-bond donors (Lipinski definition) is 1. The summed E-state index contributed by atoms with van der Waals surface area (Å²) in [6.07, 6.45) is 3.19. The van der Waals surface area contributed by atoms with Crippen LogP contribution in [0.25, 0.3) is 0 Å². The van der Waals surface area contributed by atoms with Crippen molar-refractivity contribution in [2.24, 2.45) is 0 Å². The number of rotatable bonds is 4. The summed E-state index contributed by atoms with van der Waals surface area (Å²) in [5.41, 5.74) is -0.691.